The van der Waals surface area contributed by atoms with Crippen LogP contribution in [0, 0.1) is 0 Å². The van der Waals surface area contributed by atoms with Gasteiger partial charge in [-0.3, -0.25) is 4.79 Å². The van der Waals surface area contributed by atoms with Crippen molar-refractivity contribution < 1.29 is 20.1 Å². The number of rotatable bonds is 5. The maximum atomic E-state index is 10.7. The molecular formula is C11H14ClNO4S. The smallest absolute Gasteiger partial charge is 0.185 e. The van der Waals surface area contributed by atoms with E-state index in [1.807, 2.05) is 0 Å². The maximum Gasteiger partial charge on any atom is 0.185 e. The van der Waals surface area contributed by atoms with Gasteiger partial charge >= 0.3 is 0 Å². The van der Waals surface area contributed by atoms with E-state index in [-0.39, 0.29) is 28.1 Å². The molecule has 0 bridgehead atoms. The van der Waals surface area contributed by atoms with Crippen LogP contribution in [0.2, 0.25) is 5.15 Å². The number of hydrogen-bond donors (Lipinski definition) is 3. The summed E-state index contributed by atoms with van der Waals surface area (Å²) in [6.45, 7) is 1.43. The number of aliphatic hydroxyl groups is 2. The number of aliphatic hydroxyl groups excluding tert-OH is 2. The molecule has 0 aromatic carbocycles. The molecule has 0 fully saturated rings. The Labute approximate surface area is 114 Å². The fourth-order valence-electron chi connectivity index (χ4n) is 1.32. The zero-order valence-corrected chi connectivity index (χ0v) is 11.3. The highest BCUT2D eigenvalue weighted by atomic mass is 35.5. The van der Waals surface area contributed by atoms with Crippen LogP contribution >= 0.6 is 23.4 Å². The van der Waals surface area contributed by atoms with Crippen LogP contribution < -0.4 is 0 Å². The van der Waals surface area contributed by atoms with Gasteiger partial charge < -0.3 is 15.3 Å². The third kappa shape index (κ3) is 4.45. The minimum Gasteiger partial charge on any atom is -0.506 e. The molecule has 1 aromatic rings. The molecule has 2 atom stereocenters. The molecule has 1 aromatic heterocycles. The molecule has 0 amide bonds. The summed E-state index contributed by atoms with van der Waals surface area (Å²) in [6, 6.07) is 2.68. The van der Waals surface area contributed by atoms with Gasteiger partial charge in [0, 0.05) is 12.7 Å². The molecular weight excluding hydrogens is 278 g/mol. The number of halogens is 1. The second-order valence-corrected chi connectivity index (χ2v) is 5.34. The second-order valence-electron chi connectivity index (χ2n) is 3.68. The van der Waals surface area contributed by atoms with Crippen molar-refractivity contribution in [2.45, 2.75) is 25.6 Å². The summed E-state index contributed by atoms with van der Waals surface area (Å²) in [5, 5.41) is 29.1. The fraction of sp³-hybridized carbons (Fsp3) is 0.455. The van der Waals surface area contributed by atoms with Crippen molar-refractivity contribution >= 4 is 28.5 Å². The van der Waals surface area contributed by atoms with Gasteiger partial charge in [-0.15, -0.1) is 0 Å². The SMILES string of the molecule is CC(=O)SCCC(O)C(O)c1nc(Cl)ccc1O. The van der Waals surface area contributed by atoms with Crippen molar-refractivity contribution in [1.29, 1.82) is 0 Å². The highest BCUT2D eigenvalue weighted by Crippen LogP contribution is 2.27. The van der Waals surface area contributed by atoms with Crippen LogP contribution in [0.1, 0.15) is 25.1 Å². The average molecular weight is 292 g/mol. The Morgan fingerprint density at radius 3 is 2.78 bits per heavy atom. The van der Waals surface area contributed by atoms with E-state index in [1.54, 1.807) is 0 Å². The first-order chi connectivity index (χ1) is 8.41. The Morgan fingerprint density at radius 2 is 2.17 bits per heavy atom. The lowest BCUT2D eigenvalue weighted by atomic mass is 10.1. The molecule has 1 heterocycles. The van der Waals surface area contributed by atoms with E-state index in [1.165, 1.54) is 19.1 Å². The highest BCUT2D eigenvalue weighted by molar-refractivity contribution is 8.13. The minimum absolute atomic E-state index is 0.0552. The normalized spacial score (nSPS) is 14.2. The molecule has 18 heavy (non-hydrogen) atoms. The molecule has 0 aliphatic rings. The molecule has 3 N–H and O–H groups in total. The molecule has 0 saturated heterocycles. The van der Waals surface area contributed by atoms with E-state index in [0.29, 0.717) is 5.75 Å². The molecule has 100 valence electrons. The van der Waals surface area contributed by atoms with Crippen molar-refractivity contribution in [2.24, 2.45) is 0 Å². The van der Waals surface area contributed by atoms with E-state index in [0.717, 1.165) is 11.8 Å². The lowest BCUT2D eigenvalue weighted by molar-refractivity contribution is -0.109. The van der Waals surface area contributed by atoms with Crippen LogP contribution in [0.15, 0.2) is 12.1 Å². The lowest BCUT2D eigenvalue weighted by Crippen LogP contribution is -2.20. The van der Waals surface area contributed by atoms with Crippen LogP contribution in [0.4, 0.5) is 0 Å². The monoisotopic (exact) mass is 291 g/mol. The van der Waals surface area contributed by atoms with Gasteiger partial charge in [-0.2, -0.15) is 0 Å². The Bertz CT molecular complexity index is 430. The Morgan fingerprint density at radius 1 is 1.50 bits per heavy atom. The summed E-state index contributed by atoms with van der Waals surface area (Å²) in [4.78, 5) is 14.5. The van der Waals surface area contributed by atoms with Crippen LogP contribution in [-0.2, 0) is 4.79 Å². The summed E-state index contributed by atoms with van der Waals surface area (Å²) in [5.41, 5.74) is -0.0668. The average Bonchev–Trinajstić information content (AvgIpc) is 2.30. The van der Waals surface area contributed by atoms with Gasteiger partial charge in [0.2, 0.25) is 0 Å². The molecule has 0 aliphatic carbocycles. The van der Waals surface area contributed by atoms with E-state index in [9.17, 15) is 20.1 Å². The summed E-state index contributed by atoms with van der Waals surface area (Å²) >= 11 is 6.71. The summed E-state index contributed by atoms with van der Waals surface area (Å²) in [6.07, 6.45) is -2.25. The number of aromatic hydroxyl groups is 1. The maximum absolute atomic E-state index is 10.7. The molecule has 0 aliphatic heterocycles. The van der Waals surface area contributed by atoms with Gasteiger partial charge in [0.15, 0.2) is 5.12 Å². The summed E-state index contributed by atoms with van der Waals surface area (Å²) in [5.74, 6) is 0.152. The Kier molecular flexibility index (Phi) is 5.87. The number of hydrogen-bond acceptors (Lipinski definition) is 6. The molecule has 2 unspecified atom stereocenters. The second kappa shape index (κ2) is 6.94. The zero-order chi connectivity index (χ0) is 13.7. The van der Waals surface area contributed by atoms with E-state index < -0.39 is 12.2 Å². The number of nitrogens with zero attached hydrogens (tertiary/aromatic N) is 1. The molecule has 0 saturated carbocycles. The van der Waals surface area contributed by atoms with Crippen LogP contribution in [0.25, 0.3) is 0 Å². The van der Waals surface area contributed by atoms with Gasteiger partial charge in [-0.1, -0.05) is 23.4 Å². The van der Waals surface area contributed by atoms with E-state index in [2.05, 4.69) is 4.98 Å². The van der Waals surface area contributed by atoms with Gasteiger partial charge in [0.25, 0.3) is 0 Å². The number of thioether (sulfide) groups is 1. The molecule has 0 radical (unpaired) electrons. The fourth-order valence-corrected chi connectivity index (χ4v) is 2.12. The molecule has 1 rings (SSSR count). The van der Waals surface area contributed by atoms with E-state index >= 15 is 0 Å². The van der Waals surface area contributed by atoms with Crippen LogP contribution in [-0.4, -0.2) is 37.3 Å². The number of carbonyl (C=O) groups is 1. The van der Waals surface area contributed by atoms with Gasteiger partial charge in [-0.05, 0) is 18.6 Å². The minimum atomic E-state index is -1.34. The van der Waals surface area contributed by atoms with E-state index in [4.69, 9.17) is 11.6 Å². The van der Waals surface area contributed by atoms with Gasteiger partial charge in [-0.25, -0.2) is 4.98 Å². The first-order valence-corrected chi connectivity index (χ1v) is 6.63. The number of carbonyl (C=O) groups excluding carboxylic acids is 1. The van der Waals surface area contributed by atoms with Crippen molar-refractivity contribution in [3.8, 4) is 5.75 Å². The summed E-state index contributed by atoms with van der Waals surface area (Å²) < 4.78 is 0. The Hall–Kier alpha value is -0.820. The standard InChI is InChI=1S/C11H14ClNO4S/c1-6(14)18-5-4-8(16)11(17)10-7(15)2-3-9(12)13-10/h2-3,8,11,15-17H,4-5H2,1H3. The van der Waals surface area contributed by atoms with Crippen LogP contribution in [0.5, 0.6) is 5.75 Å². The molecule has 7 heteroatoms. The van der Waals surface area contributed by atoms with Crippen molar-refractivity contribution in [2.75, 3.05) is 5.75 Å². The first-order valence-electron chi connectivity index (χ1n) is 5.26. The quantitative estimate of drug-likeness (QED) is 0.712. The topological polar surface area (TPSA) is 90.7 Å². The third-order valence-corrected chi connectivity index (χ3v) is 3.29. The van der Waals surface area contributed by atoms with Crippen molar-refractivity contribution in [3.63, 3.8) is 0 Å². The van der Waals surface area contributed by atoms with Gasteiger partial charge in [0.05, 0.1) is 6.10 Å². The first kappa shape index (κ1) is 15.2. The predicted molar refractivity (Wildman–Crippen MR) is 69.6 cm³/mol. The van der Waals surface area contributed by atoms with Crippen molar-refractivity contribution in [1.82, 2.24) is 4.98 Å². The Balaban J connectivity index is 2.64. The van der Waals surface area contributed by atoms with Crippen LogP contribution in [0.3, 0.4) is 0 Å². The molecule has 5 nitrogen and oxygen atoms in total. The summed E-state index contributed by atoms with van der Waals surface area (Å²) in [7, 11) is 0. The largest absolute Gasteiger partial charge is 0.506 e. The highest BCUT2D eigenvalue weighted by Gasteiger charge is 2.23. The molecule has 0 spiro atoms. The number of aromatic nitrogens is 1. The van der Waals surface area contributed by atoms with Gasteiger partial charge in [0.1, 0.15) is 22.7 Å². The lowest BCUT2D eigenvalue weighted by Gasteiger charge is -2.17. The zero-order valence-electron chi connectivity index (χ0n) is 9.71. The van der Waals surface area contributed by atoms with Crippen molar-refractivity contribution in [3.05, 3.63) is 23.0 Å². The third-order valence-electron chi connectivity index (χ3n) is 2.23. The predicted octanol–water partition coefficient (Wildman–Crippen LogP) is 1.50. The number of pyridine rings is 1.